The standard InChI is InChI=1S/C20H19F3N6O2/c21-13-10-15(23)14(22)8-11(13)7-12(24)9-17(30)29-6-1-3-16(29)20-27-19(28-31-20)18-25-4-2-5-26-18/h2,4-5,8,10,12,16H,1,3,6-7,9,24H2. The molecular formula is C20H19F3N6O2. The summed E-state index contributed by atoms with van der Waals surface area (Å²) in [7, 11) is 0. The number of rotatable bonds is 6. The predicted octanol–water partition coefficient (Wildman–Crippen LogP) is 2.57. The molecule has 0 saturated carbocycles. The maximum atomic E-state index is 13.9. The molecule has 31 heavy (non-hydrogen) atoms. The number of hydrogen-bond donors (Lipinski definition) is 1. The molecule has 0 aliphatic carbocycles. The number of nitrogens with zero attached hydrogens (tertiary/aromatic N) is 5. The van der Waals surface area contributed by atoms with Crippen LogP contribution < -0.4 is 5.73 Å². The minimum Gasteiger partial charge on any atom is -0.337 e. The molecule has 8 nitrogen and oxygen atoms in total. The predicted molar refractivity (Wildman–Crippen MR) is 102 cm³/mol. The fraction of sp³-hybridized carbons (Fsp3) is 0.350. The van der Waals surface area contributed by atoms with E-state index in [1.165, 1.54) is 0 Å². The van der Waals surface area contributed by atoms with Crippen molar-refractivity contribution in [1.29, 1.82) is 0 Å². The first kappa shape index (κ1) is 20.9. The van der Waals surface area contributed by atoms with Crippen molar-refractivity contribution in [3.05, 3.63) is 59.5 Å². The van der Waals surface area contributed by atoms with Gasteiger partial charge in [-0.3, -0.25) is 4.79 Å². The van der Waals surface area contributed by atoms with Crippen molar-refractivity contribution in [2.24, 2.45) is 5.73 Å². The molecule has 0 bridgehead atoms. The number of benzene rings is 1. The molecule has 162 valence electrons. The minimum absolute atomic E-state index is 0.0819. The first-order chi connectivity index (χ1) is 14.9. The third kappa shape index (κ3) is 4.55. The summed E-state index contributed by atoms with van der Waals surface area (Å²) in [5.41, 5.74) is 5.92. The van der Waals surface area contributed by atoms with E-state index in [0.29, 0.717) is 24.9 Å². The number of likely N-dealkylation sites (tertiary alicyclic amines) is 1. The molecule has 1 amide bonds. The summed E-state index contributed by atoms with van der Waals surface area (Å²) < 4.78 is 45.7. The maximum Gasteiger partial charge on any atom is 0.249 e. The lowest BCUT2D eigenvalue weighted by Gasteiger charge is -2.23. The Morgan fingerprint density at radius 3 is 2.68 bits per heavy atom. The molecule has 2 atom stereocenters. The Bertz CT molecular complexity index is 1080. The molecule has 3 heterocycles. The summed E-state index contributed by atoms with van der Waals surface area (Å²) in [6, 6.07) is 1.71. The second-order valence-electron chi connectivity index (χ2n) is 7.30. The summed E-state index contributed by atoms with van der Waals surface area (Å²) >= 11 is 0. The van der Waals surface area contributed by atoms with Crippen LogP contribution in [-0.4, -0.2) is 43.5 Å². The molecule has 0 spiro atoms. The summed E-state index contributed by atoms with van der Waals surface area (Å²) in [4.78, 5) is 26.9. The van der Waals surface area contributed by atoms with Crippen LogP contribution in [0.5, 0.6) is 0 Å². The van der Waals surface area contributed by atoms with Gasteiger partial charge in [-0.15, -0.1) is 0 Å². The summed E-state index contributed by atoms with van der Waals surface area (Å²) in [6.45, 7) is 0.481. The first-order valence-electron chi connectivity index (χ1n) is 9.72. The van der Waals surface area contributed by atoms with Gasteiger partial charge < -0.3 is 15.2 Å². The van der Waals surface area contributed by atoms with Crippen molar-refractivity contribution in [3.63, 3.8) is 0 Å². The van der Waals surface area contributed by atoms with E-state index in [1.54, 1.807) is 23.4 Å². The Balaban J connectivity index is 1.42. The Labute approximate surface area is 175 Å². The number of amides is 1. The molecule has 11 heteroatoms. The number of carbonyl (C=O) groups is 1. The Hall–Kier alpha value is -3.34. The van der Waals surface area contributed by atoms with Gasteiger partial charge in [-0.25, -0.2) is 23.1 Å². The lowest BCUT2D eigenvalue weighted by Crippen LogP contribution is -2.36. The van der Waals surface area contributed by atoms with Crippen molar-refractivity contribution in [1.82, 2.24) is 25.0 Å². The summed E-state index contributed by atoms with van der Waals surface area (Å²) in [5, 5.41) is 3.89. The zero-order valence-corrected chi connectivity index (χ0v) is 16.3. The highest BCUT2D eigenvalue weighted by Gasteiger charge is 2.34. The van der Waals surface area contributed by atoms with E-state index >= 15 is 0 Å². The Kier molecular flexibility index (Phi) is 5.94. The highest BCUT2D eigenvalue weighted by molar-refractivity contribution is 5.77. The van der Waals surface area contributed by atoms with Crippen LogP contribution in [0.15, 0.2) is 35.1 Å². The van der Waals surface area contributed by atoms with Gasteiger partial charge in [0.2, 0.25) is 23.4 Å². The third-order valence-corrected chi connectivity index (χ3v) is 5.07. The van der Waals surface area contributed by atoms with Gasteiger partial charge in [0, 0.05) is 37.5 Å². The van der Waals surface area contributed by atoms with E-state index in [-0.39, 0.29) is 36.0 Å². The van der Waals surface area contributed by atoms with E-state index in [1.807, 2.05) is 0 Å². The van der Waals surface area contributed by atoms with Gasteiger partial charge in [-0.2, -0.15) is 4.98 Å². The number of halogens is 3. The highest BCUT2D eigenvalue weighted by atomic mass is 19.2. The molecule has 2 aromatic heterocycles. The van der Waals surface area contributed by atoms with Crippen LogP contribution >= 0.6 is 0 Å². The zero-order valence-electron chi connectivity index (χ0n) is 16.3. The fourth-order valence-corrected chi connectivity index (χ4v) is 3.61. The van der Waals surface area contributed by atoms with Gasteiger partial charge in [-0.05, 0) is 37.0 Å². The highest BCUT2D eigenvalue weighted by Crippen LogP contribution is 2.32. The van der Waals surface area contributed by atoms with E-state index in [9.17, 15) is 18.0 Å². The average molecular weight is 432 g/mol. The molecule has 3 aromatic rings. The number of nitrogens with two attached hydrogens (primary N) is 1. The monoisotopic (exact) mass is 432 g/mol. The minimum atomic E-state index is -1.27. The fourth-order valence-electron chi connectivity index (χ4n) is 3.61. The van der Waals surface area contributed by atoms with Crippen LogP contribution in [0.3, 0.4) is 0 Å². The molecule has 0 radical (unpaired) electrons. The van der Waals surface area contributed by atoms with Gasteiger partial charge in [0.1, 0.15) is 11.9 Å². The second-order valence-corrected chi connectivity index (χ2v) is 7.30. The molecule has 1 fully saturated rings. The third-order valence-electron chi connectivity index (χ3n) is 5.07. The Morgan fingerprint density at radius 2 is 1.90 bits per heavy atom. The van der Waals surface area contributed by atoms with Crippen LogP contribution in [0.25, 0.3) is 11.6 Å². The van der Waals surface area contributed by atoms with Crippen molar-refractivity contribution < 1.29 is 22.5 Å². The molecule has 1 aliphatic heterocycles. The van der Waals surface area contributed by atoms with Gasteiger partial charge in [0.05, 0.1) is 0 Å². The average Bonchev–Trinajstić information content (AvgIpc) is 3.42. The largest absolute Gasteiger partial charge is 0.337 e. The number of hydrogen-bond acceptors (Lipinski definition) is 7. The van der Waals surface area contributed by atoms with Gasteiger partial charge >= 0.3 is 0 Å². The van der Waals surface area contributed by atoms with Gasteiger partial charge in [-0.1, -0.05) is 5.16 Å². The van der Waals surface area contributed by atoms with Gasteiger partial charge in [0.25, 0.3) is 0 Å². The molecule has 1 saturated heterocycles. The maximum absolute atomic E-state index is 13.9. The van der Waals surface area contributed by atoms with E-state index in [4.69, 9.17) is 10.3 Å². The van der Waals surface area contributed by atoms with Crippen molar-refractivity contribution in [3.8, 4) is 11.6 Å². The number of carbonyl (C=O) groups excluding carboxylic acids is 1. The van der Waals surface area contributed by atoms with Crippen molar-refractivity contribution in [2.45, 2.75) is 37.8 Å². The molecule has 4 rings (SSSR count). The van der Waals surface area contributed by atoms with Crippen LogP contribution in [0, 0.1) is 17.5 Å². The molecule has 1 aromatic carbocycles. The van der Waals surface area contributed by atoms with E-state index in [0.717, 1.165) is 12.5 Å². The molecule has 2 unspecified atom stereocenters. The number of aromatic nitrogens is 4. The van der Waals surface area contributed by atoms with E-state index in [2.05, 4.69) is 20.1 Å². The van der Waals surface area contributed by atoms with Crippen LogP contribution in [0.4, 0.5) is 13.2 Å². The van der Waals surface area contributed by atoms with Crippen LogP contribution in [0.1, 0.15) is 36.8 Å². The van der Waals surface area contributed by atoms with Gasteiger partial charge in [0.15, 0.2) is 11.6 Å². The summed E-state index contributed by atoms with van der Waals surface area (Å²) in [5.74, 6) is -2.80. The SMILES string of the molecule is NC(CC(=O)N1CCCC1c1nc(-c2ncccn2)no1)Cc1cc(F)c(F)cc1F. The van der Waals surface area contributed by atoms with Crippen molar-refractivity contribution >= 4 is 5.91 Å². The lowest BCUT2D eigenvalue weighted by molar-refractivity contribution is -0.132. The van der Waals surface area contributed by atoms with E-state index < -0.39 is 29.5 Å². The molecule has 2 N–H and O–H groups in total. The Morgan fingerprint density at radius 1 is 1.16 bits per heavy atom. The van der Waals surface area contributed by atoms with Crippen LogP contribution in [-0.2, 0) is 11.2 Å². The molecule has 1 aliphatic rings. The topological polar surface area (TPSA) is 111 Å². The first-order valence-corrected chi connectivity index (χ1v) is 9.72. The molecular weight excluding hydrogens is 413 g/mol. The second kappa shape index (κ2) is 8.80. The van der Waals surface area contributed by atoms with Crippen LogP contribution in [0.2, 0.25) is 0 Å². The summed E-state index contributed by atoms with van der Waals surface area (Å²) in [6.07, 6.45) is 4.28. The smallest absolute Gasteiger partial charge is 0.249 e. The zero-order chi connectivity index (χ0) is 22.0. The lowest BCUT2D eigenvalue weighted by atomic mass is 10.0. The quantitative estimate of drug-likeness (QED) is 0.596. The van der Waals surface area contributed by atoms with Crippen molar-refractivity contribution in [2.75, 3.05) is 6.54 Å². The normalized spacial score (nSPS) is 17.2.